The summed E-state index contributed by atoms with van der Waals surface area (Å²) in [6.45, 7) is 7.40. The first-order valence-electron chi connectivity index (χ1n) is 5.72. The lowest BCUT2D eigenvalue weighted by molar-refractivity contribution is -0.00616. The van der Waals surface area contributed by atoms with Gasteiger partial charge in [-0.1, -0.05) is 0 Å². The lowest BCUT2D eigenvalue weighted by Crippen LogP contribution is -2.49. The summed E-state index contributed by atoms with van der Waals surface area (Å²) in [4.78, 5) is 13.4. The van der Waals surface area contributed by atoms with E-state index >= 15 is 0 Å². The first kappa shape index (κ1) is 15.6. The molecule has 8 heteroatoms. The number of hydrogen-bond acceptors (Lipinski definition) is 6. The van der Waals surface area contributed by atoms with E-state index < -0.39 is 10.6 Å². The molecule has 0 bridgehead atoms. The van der Waals surface area contributed by atoms with E-state index in [0.717, 1.165) is 11.9 Å². The van der Waals surface area contributed by atoms with Crippen molar-refractivity contribution in [1.82, 2.24) is 9.21 Å². The molecular weight excluding hydrogens is 255 g/mol. The molecular formula is C10H19BN2O4S. The number of hydrogen-bond donors (Lipinski definition) is 2. The monoisotopic (exact) mass is 274 g/mol. The standard InChI is InChI=1S/C10H19BN2O4S/c1-9(2,3)17-8(14)12-4-6-13(7-5-12)18-10(11,15)16/h15-16H,4-7H2,1-3H3. The molecule has 102 valence electrons. The molecule has 0 spiro atoms. The van der Waals surface area contributed by atoms with Crippen LogP contribution in [-0.2, 0) is 4.74 Å². The molecule has 6 nitrogen and oxygen atoms in total. The van der Waals surface area contributed by atoms with Gasteiger partial charge in [0.15, 0.2) is 12.9 Å². The molecule has 1 saturated heterocycles. The summed E-state index contributed by atoms with van der Waals surface area (Å²) in [5, 5.41) is 15.8. The zero-order valence-electron chi connectivity index (χ0n) is 10.9. The van der Waals surface area contributed by atoms with Crippen molar-refractivity contribution in [3.63, 3.8) is 0 Å². The van der Waals surface area contributed by atoms with Crippen LogP contribution in [0.3, 0.4) is 0 Å². The number of amides is 1. The van der Waals surface area contributed by atoms with Crippen molar-refractivity contribution in [2.45, 2.75) is 31.4 Å². The van der Waals surface area contributed by atoms with E-state index in [1.54, 1.807) is 9.21 Å². The number of rotatable bonds is 2. The summed E-state index contributed by atoms with van der Waals surface area (Å²) >= 11 is 0.748. The Hall–Kier alpha value is -0.435. The molecule has 0 unspecified atom stereocenters. The van der Waals surface area contributed by atoms with Gasteiger partial charge in [-0.05, 0) is 32.7 Å². The maximum Gasteiger partial charge on any atom is 0.410 e. The highest BCUT2D eigenvalue weighted by molar-refractivity contribution is 7.99. The molecule has 0 aromatic carbocycles. The van der Waals surface area contributed by atoms with Crippen molar-refractivity contribution in [2.75, 3.05) is 26.2 Å². The first-order chi connectivity index (χ1) is 8.07. The molecule has 0 aromatic heterocycles. The van der Waals surface area contributed by atoms with Gasteiger partial charge in [0.05, 0.1) is 0 Å². The molecule has 0 aliphatic carbocycles. The smallest absolute Gasteiger partial charge is 0.410 e. The molecule has 1 aliphatic rings. The Morgan fingerprint density at radius 3 is 2.11 bits per heavy atom. The Bertz CT molecular complexity index is 295. The lowest BCUT2D eigenvalue weighted by Gasteiger charge is -2.36. The molecule has 0 atom stereocenters. The zero-order valence-corrected chi connectivity index (χ0v) is 11.7. The van der Waals surface area contributed by atoms with E-state index in [0.29, 0.717) is 26.2 Å². The van der Waals surface area contributed by atoms with Crippen LogP contribution >= 0.6 is 11.9 Å². The zero-order chi connectivity index (χ0) is 14.0. The van der Waals surface area contributed by atoms with E-state index in [4.69, 9.17) is 22.8 Å². The normalized spacial score (nSPS) is 18.8. The van der Waals surface area contributed by atoms with Gasteiger partial charge >= 0.3 is 6.09 Å². The Morgan fingerprint density at radius 2 is 1.72 bits per heavy atom. The third kappa shape index (κ3) is 5.95. The summed E-state index contributed by atoms with van der Waals surface area (Å²) in [5.41, 5.74) is -0.508. The van der Waals surface area contributed by atoms with Crippen molar-refractivity contribution in [2.24, 2.45) is 0 Å². The van der Waals surface area contributed by atoms with Crippen LogP contribution < -0.4 is 0 Å². The minimum Gasteiger partial charge on any atom is -0.444 e. The third-order valence-electron chi connectivity index (χ3n) is 2.15. The SMILES string of the molecule is [B]C(O)(O)SN1CCN(C(=O)OC(C)(C)C)CC1. The highest BCUT2D eigenvalue weighted by Crippen LogP contribution is 2.22. The number of carbonyl (C=O) groups is 1. The number of nitrogens with zero attached hydrogens (tertiary/aromatic N) is 2. The van der Waals surface area contributed by atoms with Gasteiger partial charge in [0.1, 0.15) is 5.60 Å². The molecule has 1 rings (SSSR count). The van der Waals surface area contributed by atoms with Crippen LogP contribution in [0.4, 0.5) is 4.79 Å². The molecule has 1 amide bonds. The molecule has 1 fully saturated rings. The molecule has 2 N–H and O–H groups in total. The fraction of sp³-hybridized carbons (Fsp3) is 0.900. The van der Waals surface area contributed by atoms with Crippen LogP contribution in [0.5, 0.6) is 0 Å². The van der Waals surface area contributed by atoms with Crippen molar-refractivity contribution < 1.29 is 19.7 Å². The molecule has 0 aromatic rings. The lowest BCUT2D eigenvalue weighted by atomic mass is 10.1. The molecule has 18 heavy (non-hydrogen) atoms. The Morgan fingerprint density at radius 1 is 1.22 bits per heavy atom. The van der Waals surface area contributed by atoms with Gasteiger partial charge in [-0.25, -0.2) is 9.10 Å². The van der Waals surface area contributed by atoms with Gasteiger partial charge in [0, 0.05) is 26.2 Å². The van der Waals surface area contributed by atoms with Crippen LogP contribution in [0, 0.1) is 0 Å². The minimum atomic E-state index is -2.27. The van der Waals surface area contributed by atoms with E-state index in [9.17, 15) is 4.79 Å². The predicted molar refractivity (Wildman–Crippen MR) is 69.9 cm³/mol. The van der Waals surface area contributed by atoms with Gasteiger partial charge in [0.25, 0.3) is 0 Å². The molecule has 0 saturated carbocycles. The summed E-state index contributed by atoms with van der Waals surface area (Å²) < 4.78 is 6.96. The fourth-order valence-corrected chi connectivity index (χ4v) is 2.20. The van der Waals surface area contributed by atoms with Gasteiger partial charge in [-0.3, -0.25) is 0 Å². The van der Waals surface area contributed by atoms with Crippen LogP contribution in [-0.4, -0.2) is 70.2 Å². The van der Waals surface area contributed by atoms with Crippen LogP contribution in [0.15, 0.2) is 0 Å². The highest BCUT2D eigenvalue weighted by Gasteiger charge is 2.28. The van der Waals surface area contributed by atoms with Crippen molar-refractivity contribution >= 4 is 25.9 Å². The quantitative estimate of drug-likeness (QED) is 0.418. The Labute approximate surface area is 113 Å². The summed E-state index contributed by atoms with van der Waals surface area (Å²) in [5.74, 6) is 0. The van der Waals surface area contributed by atoms with Crippen molar-refractivity contribution in [3.8, 4) is 0 Å². The minimum absolute atomic E-state index is 0.348. The fourth-order valence-electron chi connectivity index (χ4n) is 1.48. The van der Waals surface area contributed by atoms with E-state index in [-0.39, 0.29) is 6.09 Å². The van der Waals surface area contributed by atoms with Crippen molar-refractivity contribution in [3.05, 3.63) is 0 Å². The highest BCUT2D eigenvalue weighted by atomic mass is 32.2. The second kappa shape index (κ2) is 5.69. The van der Waals surface area contributed by atoms with Crippen LogP contribution in [0.2, 0.25) is 0 Å². The molecule has 2 radical (unpaired) electrons. The topological polar surface area (TPSA) is 73.2 Å². The van der Waals surface area contributed by atoms with E-state index in [1.165, 1.54) is 0 Å². The second-order valence-electron chi connectivity index (χ2n) is 5.15. The first-order valence-corrected chi connectivity index (χ1v) is 6.50. The van der Waals surface area contributed by atoms with E-state index in [1.807, 2.05) is 20.8 Å². The van der Waals surface area contributed by atoms with Gasteiger partial charge in [0.2, 0.25) is 0 Å². The van der Waals surface area contributed by atoms with Crippen LogP contribution in [0.1, 0.15) is 20.8 Å². The maximum atomic E-state index is 11.8. The van der Waals surface area contributed by atoms with Gasteiger partial charge in [-0.15, -0.1) is 0 Å². The average Bonchev–Trinajstić information content (AvgIpc) is 2.13. The van der Waals surface area contributed by atoms with Crippen LogP contribution in [0.25, 0.3) is 0 Å². The third-order valence-corrected chi connectivity index (χ3v) is 3.05. The number of aliphatic hydroxyl groups is 2. The summed E-state index contributed by atoms with van der Waals surface area (Å²) in [7, 11) is 5.07. The Kier molecular flexibility index (Phi) is 4.94. The Balaban J connectivity index is 2.37. The average molecular weight is 274 g/mol. The second-order valence-corrected chi connectivity index (χ2v) is 6.45. The van der Waals surface area contributed by atoms with Gasteiger partial charge in [-0.2, -0.15) is 0 Å². The molecule has 1 aliphatic heterocycles. The number of piperazine rings is 1. The summed E-state index contributed by atoms with van der Waals surface area (Å²) in [6.07, 6.45) is -0.348. The largest absolute Gasteiger partial charge is 0.444 e. The van der Waals surface area contributed by atoms with E-state index in [2.05, 4.69) is 0 Å². The molecule has 1 heterocycles. The predicted octanol–water partition coefficient (Wildman–Crippen LogP) is -0.0483. The number of ether oxygens (including phenoxy) is 1. The van der Waals surface area contributed by atoms with Gasteiger partial charge < -0.3 is 19.8 Å². The maximum absolute atomic E-state index is 11.8. The number of carbonyl (C=O) groups excluding carboxylic acids is 1. The summed E-state index contributed by atoms with van der Waals surface area (Å²) in [6, 6.07) is 0. The van der Waals surface area contributed by atoms with Crippen molar-refractivity contribution in [1.29, 1.82) is 0 Å².